The minimum atomic E-state index is -0.765. The molecule has 4 heteroatoms. The number of hydrogen-bond donors (Lipinski definition) is 1. The largest absolute Gasteiger partial charge is 0.464 e. The first-order valence-electron chi connectivity index (χ1n) is 7.13. The fourth-order valence-corrected chi connectivity index (χ4v) is 2.58. The molecule has 2 rings (SSSR count). The highest BCUT2D eigenvalue weighted by molar-refractivity contribution is 5.86. The highest BCUT2D eigenvalue weighted by atomic mass is 16.5. The van der Waals surface area contributed by atoms with E-state index in [-0.39, 0.29) is 11.9 Å². The standard InChI is InChI=1S/C16H23NO3/c1-4-20-15(18)16(11-19-3,13-8-9-13)17-14-7-5-6-12(2)10-14/h5-7,10,13,17H,4,8-9,11H2,1-3H3. The van der Waals surface area contributed by atoms with Crippen molar-refractivity contribution in [3.8, 4) is 0 Å². The molecule has 4 nitrogen and oxygen atoms in total. The van der Waals surface area contributed by atoms with Crippen LogP contribution >= 0.6 is 0 Å². The van der Waals surface area contributed by atoms with E-state index in [1.54, 1.807) is 7.11 Å². The second-order valence-corrected chi connectivity index (χ2v) is 5.39. The first kappa shape index (κ1) is 14.9. The lowest BCUT2D eigenvalue weighted by Crippen LogP contribution is -2.53. The number of carbonyl (C=O) groups excluding carboxylic acids is 1. The normalized spacial score (nSPS) is 17.4. The van der Waals surface area contributed by atoms with E-state index in [1.165, 1.54) is 0 Å². The summed E-state index contributed by atoms with van der Waals surface area (Å²) >= 11 is 0. The van der Waals surface area contributed by atoms with E-state index >= 15 is 0 Å². The van der Waals surface area contributed by atoms with Crippen LogP contribution in [-0.4, -0.2) is 31.8 Å². The summed E-state index contributed by atoms with van der Waals surface area (Å²) in [7, 11) is 1.62. The Labute approximate surface area is 120 Å². The number of ether oxygens (including phenoxy) is 2. The number of nitrogens with one attached hydrogen (secondary N) is 1. The van der Waals surface area contributed by atoms with Gasteiger partial charge in [-0.1, -0.05) is 12.1 Å². The minimum Gasteiger partial charge on any atom is -0.464 e. The molecule has 0 heterocycles. The van der Waals surface area contributed by atoms with Crippen molar-refractivity contribution in [2.24, 2.45) is 5.92 Å². The zero-order valence-electron chi connectivity index (χ0n) is 12.4. The fraction of sp³-hybridized carbons (Fsp3) is 0.562. The highest BCUT2D eigenvalue weighted by Crippen LogP contribution is 2.42. The molecule has 1 aromatic rings. The van der Waals surface area contributed by atoms with E-state index < -0.39 is 5.54 Å². The molecule has 0 bridgehead atoms. The zero-order valence-corrected chi connectivity index (χ0v) is 12.4. The second kappa shape index (κ2) is 6.27. The van der Waals surface area contributed by atoms with Crippen LogP contribution in [0.3, 0.4) is 0 Å². The topological polar surface area (TPSA) is 47.6 Å². The van der Waals surface area contributed by atoms with Gasteiger partial charge in [-0.25, -0.2) is 4.79 Å². The third-order valence-electron chi connectivity index (χ3n) is 3.67. The summed E-state index contributed by atoms with van der Waals surface area (Å²) in [6.45, 7) is 4.57. The molecule has 0 spiro atoms. The van der Waals surface area contributed by atoms with Gasteiger partial charge in [-0.05, 0) is 50.3 Å². The number of anilines is 1. The predicted octanol–water partition coefficient (Wildman–Crippen LogP) is 2.77. The summed E-state index contributed by atoms with van der Waals surface area (Å²) in [4.78, 5) is 12.5. The molecule has 1 unspecified atom stereocenters. The molecule has 1 aliphatic carbocycles. The molecule has 20 heavy (non-hydrogen) atoms. The quantitative estimate of drug-likeness (QED) is 0.779. The molecule has 1 aliphatic rings. The van der Waals surface area contributed by atoms with Gasteiger partial charge in [-0.3, -0.25) is 0 Å². The minimum absolute atomic E-state index is 0.217. The van der Waals surface area contributed by atoms with Gasteiger partial charge in [0.05, 0.1) is 13.2 Å². The molecule has 0 saturated heterocycles. The van der Waals surface area contributed by atoms with Crippen LogP contribution in [0.1, 0.15) is 25.3 Å². The Balaban J connectivity index is 2.27. The summed E-state index contributed by atoms with van der Waals surface area (Å²) in [6, 6.07) is 8.02. The van der Waals surface area contributed by atoms with E-state index in [0.29, 0.717) is 13.2 Å². The number of rotatable bonds is 7. The summed E-state index contributed by atoms with van der Waals surface area (Å²) in [5, 5.41) is 3.38. The van der Waals surface area contributed by atoms with Crippen molar-refractivity contribution in [2.45, 2.75) is 32.2 Å². The lowest BCUT2D eigenvalue weighted by Gasteiger charge is -2.33. The van der Waals surface area contributed by atoms with Gasteiger partial charge in [0.1, 0.15) is 0 Å². The maximum atomic E-state index is 12.5. The van der Waals surface area contributed by atoms with Crippen LogP contribution < -0.4 is 5.32 Å². The third-order valence-corrected chi connectivity index (χ3v) is 3.67. The van der Waals surface area contributed by atoms with Crippen LogP contribution in [0, 0.1) is 12.8 Å². The first-order chi connectivity index (χ1) is 9.62. The Bertz CT molecular complexity index is 471. The first-order valence-corrected chi connectivity index (χ1v) is 7.13. The van der Waals surface area contributed by atoms with Gasteiger partial charge in [-0.15, -0.1) is 0 Å². The molecule has 0 aliphatic heterocycles. The Hall–Kier alpha value is -1.55. The average molecular weight is 277 g/mol. The van der Waals surface area contributed by atoms with Crippen LogP contribution in [-0.2, 0) is 14.3 Å². The highest BCUT2D eigenvalue weighted by Gasteiger charge is 2.52. The molecule has 0 radical (unpaired) electrons. The smallest absolute Gasteiger partial charge is 0.334 e. The third kappa shape index (κ3) is 3.12. The van der Waals surface area contributed by atoms with Gasteiger partial charge in [0.25, 0.3) is 0 Å². The van der Waals surface area contributed by atoms with Crippen molar-refractivity contribution in [3.63, 3.8) is 0 Å². The Morgan fingerprint density at radius 2 is 2.20 bits per heavy atom. The number of benzene rings is 1. The number of aryl methyl sites for hydroxylation is 1. The van der Waals surface area contributed by atoms with E-state index in [2.05, 4.69) is 5.32 Å². The van der Waals surface area contributed by atoms with Crippen LogP contribution in [0.15, 0.2) is 24.3 Å². The van der Waals surface area contributed by atoms with Crippen molar-refractivity contribution in [1.29, 1.82) is 0 Å². The van der Waals surface area contributed by atoms with Crippen LogP contribution in [0.2, 0.25) is 0 Å². The van der Waals surface area contributed by atoms with Crippen molar-refractivity contribution in [1.82, 2.24) is 0 Å². The van der Waals surface area contributed by atoms with Gasteiger partial charge in [0.15, 0.2) is 5.54 Å². The maximum Gasteiger partial charge on any atom is 0.334 e. The average Bonchev–Trinajstić information content (AvgIpc) is 3.23. The lowest BCUT2D eigenvalue weighted by molar-refractivity contribution is -0.151. The van der Waals surface area contributed by atoms with E-state index in [9.17, 15) is 4.79 Å². The molecular formula is C16H23NO3. The molecule has 1 fully saturated rings. The summed E-state index contributed by atoms with van der Waals surface area (Å²) in [5.74, 6) is 0.0628. The van der Waals surface area contributed by atoms with E-state index in [0.717, 1.165) is 24.1 Å². The van der Waals surface area contributed by atoms with Gasteiger partial charge in [0, 0.05) is 12.8 Å². The Morgan fingerprint density at radius 3 is 2.75 bits per heavy atom. The molecule has 0 amide bonds. The van der Waals surface area contributed by atoms with Crippen molar-refractivity contribution in [2.75, 3.05) is 25.6 Å². The summed E-state index contributed by atoms with van der Waals surface area (Å²) in [5.41, 5.74) is 1.32. The molecular weight excluding hydrogens is 254 g/mol. The maximum absolute atomic E-state index is 12.5. The Kier molecular flexibility index (Phi) is 4.65. The summed E-state index contributed by atoms with van der Waals surface area (Å²) < 4.78 is 10.6. The molecule has 1 saturated carbocycles. The van der Waals surface area contributed by atoms with Gasteiger partial charge >= 0.3 is 5.97 Å². The SMILES string of the molecule is CCOC(=O)C(COC)(Nc1cccc(C)c1)C1CC1. The van der Waals surface area contributed by atoms with Gasteiger partial charge < -0.3 is 14.8 Å². The number of hydrogen-bond acceptors (Lipinski definition) is 4. The Morgan fingerprint density at radius 1 is 1.45 bits per heavy atom. The van der Waals surface area contributed by atoms with E-state index in [1.807, 2.05) is 38.1 Å². The molecule has 1 aromatic carbocycles. The van der Waals surface area contributed by atoms with Crippen LogP contribution in [0.4, 0.5) is 5.69 Å². The number of carbonyl (C=O) groups is 1. The van der Waals surface area contributed by atoms with Gasteiger partial charge in [0.2, 0.25) is 0 Å². The molecule has 0 aromatic heterocycles. The monoisotopic (exact) mass is 277 g/mol. The molecule has 1 N–H and O–H groups in total. The zero-order chi connectivity index (χ0) is 14.6. The molecule has 110 valence electrons. The second-order valence-electron chi connectivity index (χ2n) is 5.39. The van der Waals surface area contributed by atoms with Gasteiger partial charge in [-0.2, -0.15) is 0 Å². The predicted molar refractivity (Wildman–Crippen MR) is 78.8 cm³/mol. The molecule has 1 atom stereocenters. The van der Waals surface area contributed by atoms with Crippen molar-refractivity contribution in [3.05, 3.63) is 29.8 Å². The lowest BCUT2D eigenvalue weighted by atomic mass is 9.93. The van der Waals surface area contributed by atoms with E-state index in [4.69, 9.17) is 9.47 Å². The van der Waals surface area contributed by atoms with Crippen LogP contribution in [0.5, 0.6) is 0 Å². The van der Waals surface area contributed by atoms with Crippen molar-refractivity contribution < 1.29 is 14.3 Å². The van der Waals surface area contributed by atoms with Crippen LogP contribution in [0.25, 0.3) is 0 Å². The summed E-state index contributed by atoms with van der Waals surface area (Å²) in [6.07, 6.45) is 2.06. The fourth-order valence-electron chi connectivity index (χ4n) is 2.58. The number of methoxy groups -OCH3 is 1. The number of esters is 1. The van der Waals surface area contributed by atoms with Crippen molar-refractivity contribution >= 4 is 11.7 Å².